The molecule has 3 heterocycles. The number of nitrogens with zero attached hydrogens (tertiary/aromatic N) is 2. The molecule has 1 aliphatic rings. The fraction of sp³-hybridized carbons (Fsp3) is 0.211. The number of aromatic nitrogens is 2. The number of ether oxygens (including phenoxy) is 3. The SMILES string of the molecule is COc1cccc([C@H]2OCc3cccn3-c3ncc(Cl)cc32)c1OC. The van der Waals surface area contributed by atoms with Crippen LogP contribution in [0.15, 0.2) is 48.8 Å². The molecule has 25 heavy (non-hydrogen) atoms. The van der Waals surface area contributed by atoms with Crippen molar-refractivity contribution in [2.75, 3.05) is 14.2 Å². The van der Waals surface area contributed by atoms with Crippen molar-refractivity contribution in [3.63, 3.8) is 0 Å². The van der Waals surface area contributed by atoms with E-state index in [1.165, 1.54) is 0 Å². The van der Waals surface area contributed by atoms with E-state index in [2.05, 4.69) is 4.98 Å². The minimum Gasteiger partial charge on any atom is -0.493 e. The number of hydrogen-bond donors (Lipinski definition) is 0. The number of pyridine rings is 1. The van der Waals surface area contributed by atoms with Gasteiger partial charge in [0.25, 0.3) is 0 Å². The van der Waals surface area contributed by atoms with Crippen LogP contribution >= 0.6 is 11.6 Å². The lowest BCUT2D eigenvalue weighted by Gasteiger charge is -2.21. The Morgan fingerprint density at radius 1 is 1.16 bits per heavy atom. The number of hydrogen-bond acceptors (Lipinski definition) is 4. The minimum atomic E-state index is -0.369. The molecule has 0 saturated heterocycles. The van der Waals surface area contributed by atoms with Gasteiger partial charge in [0.2, 0.25) is 0 Å². The van der Waals surface area contributed by atoms with Crippen LogP contribution in [0.1, 0.15) is 22.9 Å². The minimum absolute atomic E-state index is 0.369. The van der Waals surface area contributed by atoms with Crippen LogP contribution in [0.4, 0.5) is 0 Å². The van der Waals surface area contributed by atoms with Gasteiger partial charge in [0, 0.05) is 29.2 Å². The van der Waals surface area contributed by atoms with Gasteiger partial charge in [-0.1, -0.05) is 23.7 Å². The lowest BCUT2D eigenvalue weighted by atomic mass is 10.0. The predicted molar refractivity (Wildman–Crippen MR) is 94.8 cm³/mol. The van der Waals surface area contributed by atoms with Crippen molar-refractivity contribution < 1.29 is 14.2 Å². The molecule has 0 radical (unpaired) electrons. The van der Waals surface area contributed by atoms with Gasteiger partial charge in [-0.3, -0.25) is 0 Å². The number of benzene rings is 1. The number of halogens is 1. The van der Waals surface area contributed by atoms with Crippen LogP contribution in [0.25, 0.3) is 5.82 Å². The van der Waals surface area contributed by atoms with Crippen LogP contribution in [0, 0.1) is 0 Å². The van der Waals surface area contributed by atoms with Gasteiger partial charge in [-0.2, -0.15) is 0 Å². The zero-order chi connectivity index (χ0) is 17.4. The maximum Gasteiger partial charge on any atom is 0.166 e. The van der Waals surface area contributed by atoms with E-state index in [1.54, 1.807) is 20.4 Å². The van der Waals surface area contributed by atoms with Gasteiger partial charge in [-0.05, 0) is 24.3 Å². The fourth-order valence-corrected chi connectivity index (χ4v) is 3.38. The highest BCUT2D eigenvalue weighted by atomic mass is 35.5. The van der Waals surface area contributed by atoms with E-state index < -0.39 is 0 Å². The van der Waals surface area contributed by atoms with Crippen molar-refractivity contribution in [3.05, 3.63) is 70.6 Å². The normalized spacial score (nSPS) is 15.9. The van der Waals surface area contributed by atoms with Crippen LogP contribution in [-0.4, -0.2) is 23.8 Å². The zero-order valence-electron chi connectivity index (χ0n) is 13.9. The Morgan fingerprint density at radius 2 is 2.04 bits per heavy atom. The molecule has 3 aromatic rings. The molecule has 5 nitrogen and oxygen atoms in total. The molecular formula is C19H17ClN2O3. The van der Waals surface area contributed by atoms with E-state index in [0.29, 0.717) is 23.1 Å². The van der Waals surface area contributed by atoms with Gasteiger partial charge in [0.05, 0.1) is 25.8 Å². The predicted octanol–water partition coefficient (Wildman–Crippen LogP) is 4.16. The zero-order valence-corrected chi connectivity index (χ0v) is 14.7. The number of rotatable bonds is 3. The summed E-state index contributed by atoms with van der Waals surface area (Å²) in [7, 11) is 3.24. The molecule has 0 bridgehead atoms. The van der Waals surface area contributed by atoms with Crippen LogP contribution in [-0.2, 0) is 11.3 Å². The summed E-state index contributed by atoms with van der Waals surface area (Å²) in [4.78, 5) is 4.55. The molecule has 1 aliphatic heterocycles. The number of methoxy groups -OCH3 is 2. The summed E-state index contributed by atoms with van der Waals surface area (Å²) < 4.78 is 19.3. The molecule has 0 amide bonds. The molecule has 2 aromatic heterocycles. The molecule has 0 saturated carbocycles. The molecule has 128 valence electrons. The summed E-state index contributed by atoms with van der Waals surface area (Å²) in [6.45, 7) is 0.450. The summed E-state index contributed by atoms with van der Waals surface area (Å²) in [6.07, 6.45) is 3.25. The summed E-state index contributed by atoms with van der Waals surface area (Å²) >= 11 is 6.23. The first-order valence-electron chi connectivity index (χ1n) is 7.87. The molecule has 1 aromatic carbocycles. The highest BCUT2D eigenvalue weighted by molar-refractivity contribution is 6.30. The van der Waals surface area contributed by atoms with Crippen molar-refractivity contribution in [3.8, 4) is 17.3 Å². The molecule has 0 spiro atoms. The fourth-order valence-electron chi connectivity index (χ4n) is 3.22. The first-order chi connectivity index (χ1) is 12.2. The Bertz CT molecular complexity index is 923. The van der Waals surface area contributed by atoms with E-state index in [-0.39, 0.29) is 6.10 Å². The third kappa shape index (κ3) is 2.65. The van der Waals surface area contributed by atoms with E-state index in [0.717, 1.165) is 22.6 Å². The van der Waals surface area contributed by atoms with Crippen LogP contribution in [0.5, 0.6) is 11.5 Å². The lowest BCUT2D eigenvalue weighted by molar-refractivity contribution is 0.0659. The summed E-state index contributed by atoms with van der Waals surface area (Å²) in [6, 6.07) is 11.6. The molecule has 0 N–H and O–H groups in total. The molecule has 0 aliphatic carbocycles. The Hall–Kier alpha value is -2.50. The summed E-state index contributed by atoms with van der Waals surface area (Å²) in [5.74, 6) is 2.10. The van der Waals surface area contributed by atoms with Crippen molar-refractivity contribution in [2.24, 2.45) is 0 Å². The molecule has 1 atom stereocenters. The third-order valence-electron chi connectivity index (χ3n) is 4.32. The Labute approximate surface area is 150 Å². The van der Waals surface area contributed by atoms with Crippen LogP contribution in [0.2, 0.25) is 5.02 Å². The second-order valence-electron chi connectivity index (χ2n) is 5.71. The second-order valence-corrected chi connectivity index (χ2v) is 6.15. The van der Waals surface area contributed by atoms with Gasteiger partial charge in [-0.15, -0.1) is 0 Å². The third-order valence-corrected chi connectivity index (χ3v) is 4.53. The molecule has 6 heteroatoms. The Morgan fingerprint density at radius 3 is 2.84 bits per heavy atom. The van der Waals surface area contributed by atoms with Gasteiger partial charge in [-0.25, -0.2) is 4.98 Å². The Kier molecular flexibility index (Phi) is 4.11. The standard InChI is InChI=1S/C19H17ClN2O3/c1-23-16-7-3-6-14(18(16)24-2)17-15-9-12(20)10-21-19(15)22-8-4-5-13(22)11-25-17/h3-10,17H,11H2,1-2H3/t17-/m1/s1. The van der Waals surface area contributed by atoms with E-state index in [4.69, 9.17) is 25.8 Å². The first kappa shape index (κ1) is 16.0. The first-order valence-corrected chi connectivity index (χ1v) is 8.25. The smallest absolute Gasteiger partial charge is 0.166 e. The summed E-state index contributed by atoms with van der Waals surface area (Å²) in [5.41, 5.74) is 2.78. The highest BCUT2D eigenvalue weighted by Gasteiger charge is 2.28. The molecule has 0 fully saturated rings. The van der Waals surface area contributed by atoms with Crippen LogP contribution < -0.4 is 9.47 Å². The van der Waals surface area contributed by atoms with E-state index >= 15 is 0 Å². The van der Waals surface area contributed by atoms with Gasteiger partial charge in [0.15, 0.2) is 11.5 Å². The van der Waals surface area contributed by atoms with Gasteiger partial charge in [0.1, 0.15) is 11.9 Å². The number of para-hydroxylation sites is 1. The van der Waals surface area contributed by atoms with Gasteiger partial charge >= 0.3 is 0 Å². The maximum absolute atomic E-state index is 6.24. The largest absolute Gasteiger partial charge is 0.493 e. The number of fused-ring (bicyclic) bond motifs is 3. The monoisotopic (exact) mass is 356 g/mol. The van der Waals surface area contributed by atoms with E-state index in [1.807, 2.05) is 47.2 Å². The van der Waals surface area contributed by atoms with Crippen LogP contribution in [0.3, 0.4) is 0 Å². The van der Waals surface area contributed by atoms with E-state index in [9.17, 15) is 0 Å². The quantitative estimate of drug-likeness (QED) is 0.706. The highest BCUT2D eigenvalue weighted by Crippen LogP contribution is 2.42. The lowest BCUT2D eigenvalue weighted by Crippen LogP contribution is -2.09. The Balaban J connectivity index is 1.93. The average molecular weight is 357 g/mol. The van der Waals surface area contributed by atoms with Crippen molar-refractivity contribution in [1.29, 1.82) is 0 Å². The maximum atomic E-state index is 6.24. The molecular weight excluding hydrogens is 340 g/mol. The van der Waals surface area contributed by atoms with Crippen molar-refractivity contribution in [2.45, 2.75) is 12.7 Å². The average Bonchev–Trinajstić information content (AvgIpc) is 3.04. The van der Waals surface area contributed by atoms with Crippen molar-refractivity contribution >= 4 is 11.6 Å². The summed E-state index contributed by atoms with van der Waals surface area (Å²) in [5, 5.41) is 0.560. The van der Waals surface area contributed by atoms with Gasteiger partial charge < -0.3 is 18.8 Å². The van der Waals surface area contributed by atoms with Crippen molar-refractivity contribution in [1.82, 2.24) is 9.55 Å². The molecule has 0 unspecified atom stereocenters. The topological polar surface area (TPSA) is 45.5 Å². The molecule has 4 rings (SSSR count). The second kappa shape index (κ2) is 6.43.